The van der Waals surface area contributed by atoms with Crippen LogP contribution in [0.5, 0.6) is 0 Å². The Morgan fingerprint density at radius 3 is 1.86 bits per heavy atom. The molecule has 0 saturated carbocycles. The van der Waals surface area contributed by atoms with E-state index in [0.717, 1.165) is 65.7 Å². The third-order valence-electron chi connectivity index (χ3n) is 8.30. The van der Waals surface area contributed by atoms with Gasteiger partial charge in [-0.05, 0) is 96.0 Å². The van der Waals surface area contributed by atoms with E-state index in [2.05, 4.69) is 36.4 Å². The van der Waals surface area contributed by atoms with Gasteiger partial charge in [0.1, 0.15) is 11.2 Å². The molecule has 1 aromatic heterocycles. The Morgan fingerprint density at radius 2 is 1.02 bits per heavy atom. The molecule has 200 valence electrons. The highest BCUT2D eigenvalue weighted by Crippen LogP contribution is 2.46. The Hall–Kier alpha value is -5.66. The van der Waals surface area contributed by atoms with Crippen molar-refractivity contribution >= 4 is 54.3 Å². The summed E-state index contributed by atoms with van der Waals surface area (Å²) in [6, 6.07) is 35.6. The molecule has 0 bridgehead atoms. The summed E-state index contributed by atoms with van der Waals surface area (Å²) in [5.74, 6) is 0. The summed E-state index contributed by atoms with van der Waals surface area (Å²) in [4.78, 5) is 0. The molecule has 0 atom stereocenters. The standard InChI is InChI=1S/C42H26O/c1-2-10-27(11-3-1)30-20-22-36-38(25-30)42(31-19-18-28-12-4-5-13-29(28)24-31)35-16-7-6-15-34(35)41(36)32-21-23-40-37(26-32)33-14-8-9-17-39(33)43-40/h1-26H/i4D,5D,12D,13D,18D,19D,24D. The fourth-order valence-electron chi connectivity index (χ4n) is 6.36. The van der Waals surface area contributed by atoms with Crippen molar-refractivity contribution in [3.63, 3.8) is 0 Å². The molecular formula is C42H26O. The zero-order valence-electron chi connectivity index (χ0n) is 29.9. The third kappa shape index (κ3) is 3.79. The molecule has 0 N–H and O–H groups in total. The number of rotatable bonds is 3. The minimum absolute atomic E-state index is 0.0650. The number of fused-ring (bicyclic) bond motifs is 6. The molecule has 9 aromatic rings. The van der Waals surface area contributed by atoms with Gasteiger partial charge in [-0.25, -0.2) is 0 Å². The largest absolute Gasteiger partial charge is 0.456 e. The lowest BCUT2D eigenvalue weighted by atomic mass is 9.84. The lowest BCUT2D eigenvalue weighted by Crippen LogP contribution is -1.92. The lowest BCUT2D eigenvalue weighted by molar-refractivity contribution is 0.669. The van der Waals surface area contributed by atoms with Gasteiger partial charge in [-0.1, -0.05) is 127 Å². The molecule has 0 amide bonds. The highest BCUT2D eigenvalue weighted by atomic mass is 16.3. The average Bonchev–Trinajstić information content (AvgIpc) is 3.52. The fraction of sp³-hybridized carbons (Fsp3) is 0. The number of furan rings is 1. The molecule has 0 aliphatic heterocycles. The second-order valence-electron chi connectivity index (χ2n) is 10.7. The van der Waals surface area contributed by atoms with Crippen molar-refractivity contribution in [2.75, 3.05) is 0 Å². The van der Waals surface area contributed by atoms with E-state index < -0.39 is 24.2 Å². The van der Waals surface area contributed by atoms with Crippen molar-refractivity contribution in [2.45, 2.75) is 0 Å². The van der Waals surface area contributed by atoms with Gasteiger partial charge >= 0.3 is 0 Å². The first-order valence-corrected chi connectivity index (χ1v) is 14.2. The molecule has 1 heteroatoms. The predicted octanol–water partition coefficient (Wildman–Crippen LogP) is 12.0. The highest BCUT2D eigenvalue weighted by molar-refractivity contribution is 6.23. The van der Waals surface area contributed by atoms with E-state index in [9.17, 15) is 2.74 Å². The van der Waals surface area contributed by atoms with Crippen LogP contribution in [0, 0.1) is 0 Å². The van der Waals surface area contributed by atoms with Crippen LogP contribution in [0.25, 0.3) is 87.6 Å². The molecule has 0 aliphatic rings. The molecule has 0 saturated heterocycles. The van der Waals surface area contributed by atoms with E-state index in [0.29, 0.717) is 5.56 Å². The van der Waals surface area contributed by atoms with Gasteiger partial charge in [-0.2, -0.15) is 0 Å². The van der Waals surface area contributed by atoms with Crippen molar-refractivity contribution in [3.8, 4) is 33.4 Å². The maximum atomic E-state index is 9.49. The van der Waals surface area contributed by atoms with Gasteiger partial charge in [0.05, 0.1) is 9.60 Å². The van der Waals surface area contributed by atoms with Crippen molar-refractivity contribution in [1.29, 1.82) is 0 Å². The molecule has 8 aromatic carbocycles. The Balaban J connectivity index is 1.47. The molecule has 9 rings (SSSR count). The Morgan fingerprint density at radius 1 is 0.395 bits per heavy atom. The van der Waals surface area contributed by atoms with Gasteiger partial charge in [0, 0.05) is 10.8 Å². The SMILES string of the molecule is [2H]c1c([2H])c([2H])c2c([2H])c(-c3c4ccccc4c(-c4ccc5oc6ccccc6c5c4)c4ccc(-c5ccccc5)cc34)c([2H])c([2H])c2c1[2H]. The monoisotopic (exact) mass is 553 g/mol. The first kappa shape index (κ1) is 18.0. The van der Waals surface area contributed by atoms with E-state index >= 15 is 0 Å². The van der Waals surface area contributed by atoms with Gasteiger partial charge in [-0.15, -0.1) is 0 Å². The van der Waals surface area contributed by atoms with Crippen LogP contribution in [0.1, 0.15) is 9.60 Å². The van der Waals surface area contributed by atoms with Gasteiger partial charge in [-0.3, -0.25) is 0 Å². The topological polar surface area (TPSA) is 13.1 Å². The number of para-hydroxylation sites is 1. The average molecular weight is 554 g/mol. The summed E-state index contributed by atoms with van der Waals surface area (Å²) in [7, 11) is 0. The van der Waals surface area contributed by atoms with Crippen LogP contribution in [0.4, 0.5) is 0 Å². The van der Waals surface area contributed by atoms with Crippen molar-refractivity contribution in [2.24, 2.45) is 0 Å². The predicted molar refractivity (Wildman–Crippen MR) is 183 cm³/mol. The van der Waals surface area contributed by atoms with Gasteiger partial charge in [0.15, 0.2) is 0 Å². The van der Waals surface area contributed by atoms with Crippen LogP contribution in [-0.2, 0) is 0 Å². The smallest absolute Gasteiger partial charge is 0.135 e. The molecule has 0 radical (unpaired) electrons. The summed E-state index contributed by atoms with van der Waals surface area (Å²) in [5.41, 5.74) is 6.19. The molecule has 0 unspecified atom stereocenters. The van der Waals surface area contributed by atoms with Gasteiger partial charge in [0.25, 0.3) is 0 Å². The van der Waals surface area contributed by atoms with Gasteiger partial charge in [0.2, 0.25) is 0 Å². The molecule has 0 spiro atoms. The Bertz CT molecular complexity index is 2890. The van der Waals surface area contributed by atoms with Gasteiger partial charge < -0.3 is 4.42 Å². The van der Waals surface area contributed by atoms with E-state index in [4.69, 9.17) is 11.3 Å². The molecule has 1 nitrogen and oxygen atoms in total. The minimum atomic E-state index is -0.488. The first-order chi connectivity index (χ1) is 24.2. The maximum Gasteiger partial charge on any atom is 0.135 e. The van der Waals surface area contributed by atoms with E-state index in [1.54, 1.807) is 0 Å². The second kappa shape index (κ2) is 9.44. The summed E-state index contributed by atoms with van der Waals surface area (Å²) in [6.45, 7) is 0. The Kier molecular flexibility index (Phi) is 3.95. The third-order valence-corrected chi connectivity index (χ3v) is 8.30. The molecular weight excluding hydrogens is 520 g/mol. The summed E-state index contributed by atoms with van der Waals surface area (Å²) >= 11 is 0. The number of hydrogen-bond donors (Lipinski definition) is 0. The van der Waals surface area contributed by atoms with E-state index in [-0.39, 0.29) is 34.5 Å². The Labute approximate surface area is 259 Å². The molecule has 0 aliphatic carbocycles. The quantitative estimate of drug-likeness (QED) is 0.198. The van der Waals surface area contributed by atoms with Crippen LogP contribution in [0.2, 0.25) is 0 Å². The van der Waals surface area contributed by atoms with Crippen molar-refractivity contribution < 1.29 is 14.0 Å². The summed E-state index contributed by atoms with van der Waals surface area (Å²) in [5, 5.41) is 5.11. The summed E-state index contributed by atoms with van der Waals surface area (Å²) < 4.78 is 67.9. The lowest BCUT2D eigenvalue weighted by Gasteiger charge is -2.19. The van der Waals surface area contributed by atoms with Crippen LogP contribution >= 0.6 is 0 Å². The summed E-state index contributed by atoms with van der Waals surface area (Å²) in [6.07, 6.45) is 0. The second-order valence-corrected chi connectivity index (χ2v) is 10.7. The number of benzene rings is 8. The zero-order valence-corrected chi connectivity index (χ0v) is 22.9. The van der Waals surface area contributed by atoms with E-state index in [1.165, 1.54) is 0 Å². The highest BCUT2D eigenvalue weighted by Gasteiger charge is 2.19. The molecule has 0 fully saturated rings. The number of hydrogen-bond acceptors (Lipinski definition) is 1. The zero-order chi connectivity index (χ0) is 34.4. The van der Waals surface area contributed by atoms with Crippen LogP contribution < -0.4 is 0 Å². The van der Waals surface area contributed by atoms with Crippen LogP contribution in [0.15, 0.2) is 162 Å². The normalized spacial score (nSPS) is 14.0. The minimum Gasteiger partial charge on any atom is -0.456 e. The van der Waals surface area contributed by atoms with Crippen molar-refractivity contribution in [3.05, 3.63) is 158 Å². The maximum absolute atomic E-state index is 9.49. The first-order valence-electron chi connectivity index (χ1n) is 17.7. The molecule has 1 heterocycles. The van der Waals surface area contributed by atoms with Crippen LogP contribution in [0.3, 0.4) is 0 Å². The van der Waals surface area contributed by atoms with Crippen molar-refractivity contribution in [1.82, 2.24) is 0 Å². The van der Waals surface area contributed by atoms with Crippen LogP contribution in [-0.4, -0.2) is 0 Å². The van der Waals surface area contributed by atoms with E-state index in [1.807, 2.05) is 78.9 Å². The molecule has 43 heavy (non-hydrogen) atoms. The fourth-order valence-corrected chi connectivity index (χ4v) is 6.36.